The van der Waals surface area contributed by atoms with Gasteiger partial charge >= 0.3 is 0 Å². The quantitative estimate of drug-likeness (QED) is 0.834. The molecule has 3 nitrogen and oxygen atoms in total. The highest BCUT2D eigenvalue weighted by Crippen LogP contribution is 2.32. The smallest absolute Gasteiger partial charge is 0.251 e. The number of hydrogen-bond donors (Lipinski definition) is 2. The summed E-state index contributed by atoms with van der Waals surface area (Å²) in [7, 11) is 0. The van der Waals surface area contributed by atoms with Crippen molar-refractivity contribution in [2.24, 2.45) is 11.7 Å². The molecule has 0 aliphatic heterocycles. The molecular formula is C13H17FN2O. The summed E-state index contributed by atoms with van der Waals surface area (Å²) in [5.74, 6) is -0.0983. The van der Waals surface area contributed by atoms with E-state index in [4.69, 9.17) is 5.73 Å². The number of amides is 1. The fraction of sp³-hybridized carbons (Fsp3) is 0.462. The number of halogens is 1. The van der Waals surface area contributed by atoms with E-state index < -0.39 is 0 Å². The second-order valence-electron chi connectivity index (χ2n) is 4.62. The second-order valence-corrected chi connectivity index (χ2v) is 4.62. The number of rotatable bonds is 4. The lowest BCUT2D eigenvalue weighted by Gasteiger charge is -2.16. The van der Waals surface area contributed by atoms with Gasteiger partial charge in [-0.15, -0.1) is 0 Å². The van der Waals surface area contributed by atoms with E-state index in [9.17, 15) is 9.18 Å². The first-order chi connectivity index (χ1) is 8.11. The van der Waals surface area contributed by atoms with Crippen LogP contribution >= 0.6 is 0 Å². The molecule has 1 aliphatic carbocycles. The SMILES string of the molecule is Cc1ccc(C(=O)NC(CN)C2CC2)cc1F. The first-order valence-corrected chi connectivity index (χ1v) is 5.89. The van der Waals surface area contributed by atoms with Gasteiger partial charge in [0.25, 0.3) is 5.91 Å². The summed E-state index contributed by atoms with van der Waals surface area (Å²) >= 11 is 0. The molecule has 0 bridgehead atoms. The van der Waals surface area contributed by atoms with Crippen LogP contribution in [0.2, 0.25) is 0 Å². The van der Waals surface area contributed by atoms with Crippen molar-refractivity contribution in [2.75, 3.05) is 6.54 Å². The van der Waals surface area contributed by atoms with Crippen molar-refractivity contribution >= 4 is 5.91 Å². The van der Waals surface area contributed by atoms with E-state index in [2.05, 4.69) is 5.32 Å². The molecule has 0 spiro atoms. The van der Waals surface area contributed by atoms with Crippen LogP contribution in [0.4, 0.5) is 4.39 Å². The van der Waals surface area contributed by atoms with Crippen LogP contribution in [0.25, 0.3) is 0 Å². The molecule has 4 heteroatoms. The topological polar surface area (TPSA) is 55.1 Å². The number of hydrogen-bond acceptors (Lipinski definition) is 2. The molecule has 1 saturated carbocycles. The van der Waals surface area contributed by atoms with Crippen LogP contribution in [0.3, 0.4) is 0 Å². The molecule has 1 aromatic carbocycles. The van der Waals surface area contributed by atoms with Gasteiger partial charge in [0.05, 0.1) is 0 Å². The third kappa shape index (κ3) is 2.82. The number of nitrogens with one attached hydrogen (secondary N) is 1. The Morgan fingerprint density at radius 2 is 2.29 bits per heavy atom. The van der Waals surface area contributed by atoms with Gasteiger partial charge in [-0.25, -0.2) is 4.39 Å². The van der Waals surface area contributed by atoms with E-state index in [1.54, 1.807) is 19.1 Å². The van der Waals surface area contributed by atoms with Gasteiger partial charge in [0.1, 0.15) is 5.82 Å². The van der Waals surface area contributed by atoms with E-state index in [0.29, 0.717) is 23.6 Å². The number of carbonyl (C=O) groups excluding carboxylic acids is 1. The molecule has 1 fully saturated rings. The summed E-state index contributed by atoms with van der Waals surface area (Å²) in [6, 6.07) is 4.53. The molecule has 2 rings (SSSR count). The maximum Gasteiger partial charge on any atom is 0.251 e. The molecule has 0 heterocycles. The van der Waals surface area contributed by atoms with Gasteiger partial charge in [-0.2, -0.15) is 0 Å². The summed E-state index contributed by atoms with van der Waals surface area (Å²) in [5.41, 5.74) is 6.50. The summed E-state index contributed by atoms with van der Waals surface area (Å²) in [6.07, 6.45) is 2.23. The number of nitrogens with two attached hydrogens (primary N) is 1. The van der Waals surface area contributed by atoms with Crippen molar-refractivity contribution in [3.63, 3.8) is 0 Å². The Morgan fingerprint density at radius 1 is 1.59 bits per heavy atom. The predicted octanol–water partition coefficient (Wildman–Crippen LogP) is 1.60. The predicted molar refractivity (Wildman–Crippen MR) is 64.2 cm³/mol. The molecule has 0 saturated heterocycles. The van der Waals surface area contributed by atoms with E-state index in [0.717, 1.165) is 12.8 Å². The van der Waals surface area contributed by atoms with Crippen molar-refractivity contribution in [1.82, 2.24) is 5.32 Å². The summed E-state index contributed by atoms with van der Waals surface area (Å²) in [5, 5.41) is 2.86. The van der Waals surface area contributed by atoms with Crippen LogP contribution in [-0.4, -0.2) is 18.5 Å². The van der Waals surface area contributed by atoms with Gasteiger partial charge in [0, 0.05) is 18.2 Å². The van der Waals surface area contributed by atoms with Crippen LogP contribution in [0.15, 0.2) is 18.2 Å². The Morgan fingerprint density at radius 3 is 2.82 bits per heavy atom. The Bertz CT molecular complexity index is 429. The number of aryl methyl sites for hydroxylation is 1. The van der Waals surface area contributed by atoms with E-state index in [1.165, 1.54) is 6.07 Å². The van der Waals surface area contributed by atoms with Gasteiger partial charge in [-0.3, -0.25) is 4.79 Å². The van der Waals surface area contributed by atoms with Crippen molar-refractivity contribution in [3.05, 3.63) is 35.1 Å². The van der Waals surface area contributed by atoms with Crippen molar-refractivity contribution < 1.29 is 9.18 Å². The number of benzene rings is 1. The average Bonchev–Trinajstić information content (AvgIpc) is 3.13. The van der Waals surface area contributed by atoms with Crippen molar-refractivity contribution in [3.8, 4) is 0 Å². The minimum atomic E-state index is -0.353. The molecule has 1 atom stereocenters. The maximum atomic E-state index is 13.3. The van der Waals surface area contributed by atoms with E-state index in [-0.39, 0.29) is 17.8 Å². The Balaban J connectivity index is 2.05. The van der Waals surface area contributed by atoms with Gasteiger partial charge < -0.3 is 11.1 Å². The first kappa shape index (κ1) is 12.0. The van der Waals surface area contributed by atoms with Crippen LogP contribution < -0.4 is 11.1 Å². The maximum absolute atomic E-state index is 13.3. The third-order valence-electron chi connectivity index (χ3n) is 3.20. The molecule has 1 unspecified atom stereocenters. The molecule has 3 N–H and O–H groups in total. The standard InChI is InChI=1S/C13H17FN2O/c1-8-2-3-10(6-11(8)14)13(17)16-12(7-15)9-4-5-9/h2-3,6,9,12H,4-5,7,15H2,1H3,(H,16,17). The van der Waals surface area contributed by atoms with Crippen LogP contribution in [0.5, 0.6) is 0 Å². The molecule has 0 aromatic heterocycles. The van der Waals surface area contributed by atoms with Crippen LogP contribution in [0.1, 0.15) is 28.8 Å². The molecule has 1 aliphatic rings. The third-order valence-corrected chi connectivity index (χ3v) is 3.20. The van der Waals surface area contributed by atoms with Gasteiger partial charge in [-0.05, 0) is 43.4 Å². The molecule has 1 amide bonds. The lowest BCUT2D eigenvalue weighted by atomic mass is 10.1. The van der Waals surface area contributed by atoms with Gasteiger partial charge in [0.15, 0.2) is 0 Å². The Hall–Kier alpha value is -1.42. The monoisotopic (exact) mass is 236 g/mol. The summed E-state index contributed by atoms with van der Waals surface area (Å²) < 4.78 is 13.3. The fourth-order valence-electron chi connectivity index (χ4n) is 1.85. The van der Waals surface area contributed by atoms with Crippen molar-refractivity contribution in [2.45, 2.75) is 25.8 Å². The Kier molecular flexibility index (Phi) is 3.43. The van der Waals surface area contributed by atoms with E-state index in [1.807, 2.05) is 0 Å². The first-order valence-electron chi connectivity index (χ1n) is 5.89. The zero-order chi connectivity index (χ0) is 12.4. The summed E-state index contributed by atoms with van der Waals surface area (Å²) in [4.78, 5) is 11.9. The summed E-state index contributed by atoms with van der Waals surface area (Å²) in [6.45, 7) is 2.11. The zero-order valence-electron chi connectivity index (χ0n) is 9.87. The van der Waals surface area contributed by atoms with Crippen molar-refractivity contribution in [1.29, 1.82) is 0 Å². The van der Waals surface area contributed by atoms with Gasteiger partial charge in [0.2, 0.25) is 0 Å². The van der Waals surface area contributed by atoms with Crippen LogP contribution in [-0.2, 0) is 0 Å². The minimum Gasteiger partial charge on any atom is -0.348 e. The van der Waals surface area contributed by atoms with Crippen LogP contribution in [0, 0.1) is 18.7 Å². The molecule has 0 radical (unpaired) electrons. The molecule has 17 heavy (non-hydrogen) atoms. The van der Waals surface area contributed by atoms with E-state index >= 15 is 0 Å². The highest BCUT2D eigenvalue weighted by atomic mass is 19.1. The molecule has 92 valence electrons. The average molecular weight is 236 g/mol. The van der Waals surface area contributed by atoms with Gasteiger partial charge in [-0.1, -0.05) is 6.07 Å². The normalized spacial score (nSPS) is 16.6. The lowest BCUT2D eigenvalue weighted by molar-refractivity contribution is 0.0933. The Labute approximate surface area is 100 Å². The molecule has 1 aromatic rings. The number of carbonyl (C=O) groups is 1. The zero-order valence-corrected chi connectivity index (χ0v) is 9.87. The largest absolute Gasteiger partial charge is 0.348 e. The molecular weight excluding hydrogens is 219 g/mol. The lowest BCUT2D eigenvalue weighted by Crippen LogP contribution is -2.41. The fourth-order valence-corrected chi connectivity index (χ4v) is 1.85. The second kappa shape index (κ2) is 4.84. The minimum absolute atomic E-state index is 0.0202. The highest BCUT2D eigenvalue weighted by molar-refractivity contribution is 5.94. The highest BCUT2D eigenvalue weighted by Gasteiger charge is 2.31.